The number of benzene rings is 1. The summed E-state index contributed by atoms with van der Waals surface area (Å²) >= 11 is 0. The minimum absolute atomic E-state index is 0.00167. The van der Waals surface area contributed by atoms with Gasteiger partial charge < -0.3 is 19.9 Å². The summed E-state index contributed by atoms with van der Waals surface area (Å²) in [6.07, 6.45) is 5.59. The summed E-state index contributed by atoms with van der Waals surface area (Å²) in [4.78, 5) is 16.7. The van der Waals surface area contributed by atoms with E-state index in [-0.39, 0.29) is 5.91 Å². The predicted octanol–water partition coefficient (Wildman–Crippen LogP) is 1.75. The molecule has 0 saturated carbocycles. The Morgan fingerprint density at radius 1 is 1.12 bits per heavy atom. The number of carbonyl (C=O) groups excluding carboxylic acids is 1. The smallest absolute Gasteiger partial charge is 0.244 e. The monoisotopic (exact) mass is 329 g/mol. The Morgan fingerprint density at radius 3 is 2.46 bits per heavy atom. The SMILES string of the molecule is CN1CCC(NC(=O)/C=C/c2ccc(N3CCOCC3)cc2)CC1. The number of nitrogens with one attached hydrogen (secondary N) is 1. The number of hydrogen-bond acceptors (Lipinski definition) is 4. The Morgan fingerprint density at radius 2 is 1.79 bits per heavy atom. The number of amides is 1. The van der Waals surface area contributed by atoms with Crippen LogP contribution >= 0.6 is 0 Å². The maximum atomic E-state index is 12.0. The summed E-state index contributed by atoms with van der Waals surface area (Å²) in [6, 6.07) is 8.65. The van der Waals surface area contributed by atoms with Gasteiger partial charge in [-0.15, -0.1) is 0 Å². The first kappa shape index (κ1) is 17.0. The van der Waals surface area contributed by atoms with Gasteiger partial charge in [-0.1, -0.05) is 12.1 Å². The van der Waals surface area contributed by atoms with E-state index in [1.807, 2.05) is 6.08 Å². The molecule has 2 heterocycles. The first-order valence-corrected chi connectivity index (χ1v) is 8.80. The van der Waals surface area contributed by atoms with Gasteiger partial charge in [0, 0.05) is 30.9 Å². The highest BCUT2D eigenvalue weighted by Gasteiger charge is 2.17. The van der Waals surface area contributed by atoms with Crippen LogP contribution in [0.5, 0.6) is 0 Å². The molecule has 1 aromatic carbocycles. The van der Waals surface area contributed by atoms with Crippen molar-refractivity contribution < 1.29 is 9.53 Å². The van der Waals surface area contributed by atoms with Gasteiger partial charge in [-0.05, 0) is 56.8 Å². The summed E-state index contributed by atoms with van der Waals surface area (Å²) in [5.74, 6) is 0.00167. The predicted molar refractivity (Wildman–Crippen MR) is 97.2 cm³/mol. The third kappa shape index (κ3) is 4.82. The van der Waals surface area contributed by atoms with E-state index < -0.39 is 0 Å². The van der Waals surface area contributed by atoms with Crippen LogP contribution in [-0.2, 0) is 9.53 Å². The molecule has 5 heteroatoms. The second-order valence-electron chi connectivity index (χ2n) is 6.61. The summed E-state index contributed by atoms with van der Waals surface area (Å²) in [6.45, 7) is 5.56. The molecular weight excluding hydrogens is 302 g/mol. The van der Waals surface area contributed by atoms with Crippen molar-refractivity contribution in [2.75, 3.05) is 51.3 Å². The molecule has 0 unspecified atom stereocenters. The number of likely N-dealkylation sites (tertiary alicyclic amines) is 1. The van der Waals surface area contributed by atoms with E-state index in [1.54, 1.807) is 6.08 Å². The van der Waals surface area contributed by atoms with Crippen molar-refractivity contribution in [3.8, 4) is 0 Å². The maximum absolute atomic E-state index is 12.0. The van der Waals surface area contributed by atoms with Crippen LogP contribution in [0, 0.1) is 0 Å². The topological polar surface area (TPSA) is 44.8 Å². The van der Waals surface area contributed by atoms with Crippen molar-refractivity contribution >= 4 is 17.7 Å². The third-order valence-corrected chi connectivity index (χ3v) is 4.76. The van der Waals surface area contributed by atoms with Gasteiger partial charge in [-0.3, -0.25) is 4.79 Å². The standard InChI is InChI=1S/C19H27N3O2/c1-21-10-8-17(9-11-21)20-19(23)7-4-16-2-5-18(6-3-16)22-12-14-24-15-13-22/h2-7,17H,8-15H2,1H3,(H,20,23)/b7-4+. The van der Waals surface area contributed by atoms with Gasteiger partial charge in [0.05, 0.1) is 13.2 Å². The number of hydrogen-bond donors (Lipinski definition) is 1. The van der Waals surface area contributed by atoms with E-state index in [0.717, 1.165) is 57.8 Å². The van der Waals surface area contributed by atoms with Crippen molar-refractivity contribution in [1.82, 2.24) is 10.2 Å². The van der Waals surface area contributed by atoms with Crippen LogP contribution in [-0.4, -0.2) is 63.3 Å². The minimum atomic E-state index is 0.00167. The fraction of sp³-hybridized carbons (Fsp3) is 0.526. The van der Waals surface area contributed by atoms with Crippen molar-refractivity contribution in [1.29, 1.82) is 0 Å². The Balaban J connectivity index is 1.49. The fourth-order valence-electron chi connectivity index (χ4n) is 3.19. The zero-order valence-electron chi connectivity index (χ0n) is 14.4. The molecule has 3 rings (SSSR count). The first-order chi connectivity index (χ1) is 11.7. The maximum Gasteiger partial charge on any atom is 0.244 e. The van der Waals surface area contributed by atoms with E-state index in [4.69, 9.17) is 4.74 Å². The molecule has 2 saturated heterocycles. The van der Waals surface area contributed by atoms with Crippen molar-refractivity contribution in [2.24, 2.45) is 0 Å². The fourth-order valence-corrected chi connectivity index (χ4v) is 3.19. The second-order valence-corrected chi connectivity index (χ2v) is 6.61. The molecule has 1 amide bonds. The molecule has 2 aliphatic rings. The lowest BCUT2D eigenvalue weighted by molar-refractivity contribution is -0.117. The number of nitrogens with zero attached hydrogens (tertiary/aromatic N) is 2. The Hall–Kier alpha value is -1.85. The molecule has 130 valence electrons. The number of anilines is 1. The van der Waals surface area contributed by atoms with Gasteiger partial charge in [0.1, 0.15) is 0 Å². The van der Waals surface area contributed by atoms with E-state index >= 15 is 0 Å². The zero-order valence-corrected chi connectivity index (χ0v) is 14.4. The van der Waals surface area contributed by atoms with Crippen LogP contribution in [0.4, 0.5) is 5.69 Å². The minimum Gasteiger partial charge on any atom is -0.378 e. The zero-order chi connectivity index (χ0) is 16.8. The summed E-state index contributed by atoms with van der Waals surface area (Å²) in [5.41, 5.74) is 2.26. The van der Waals surface area contributed by atoms with Gasteiger partial charge >= 0.3 is 0 Å². The second kappa shape index (κ2) is 8.31. The summed E-state index contributed by atoms with van der Waals surface area (Å²) in [7, 11) is 2.12. The Labute approximate surface area is 144 Å². The van der Waals surface area contributed by atoms with Crippen LogP contribution in [0.3, 0.4) is 0 Å². The molecule has 0 bridgehead atoms. The molecule has 0 atom stereocenters. The molecule has 2 aliphatic heterocycles. The van der Waals surface area contributed by atoms with E-state index in [9.17, 15) is 4.79 Å². The normalized spacial score (nSPS) is 20.5. The number of carbonyl (C=O) groups is 1. The number of rotatable bonds is 4. The molecular formula is C19H27N3O2. The largest absolute Gasteiger partial charge is 0.378 e. The summed E-state index contributed by atoms with van der Waals surface area (Å²) < 4.78 is 5.38. The number of ether oxygens (including phenoxy) is 1. The molecule has 24 heavy (non-hydrogen) atoms. The molecule has 5 nitrogen and oxygen atoms in total. The van der Waals surface area contributed by atoms with Crippen LogP contribution in [0.15, 0.2) is 30.3 Å². The number of piperidine rings is 1. The quantitative estimate of drug-likeness (QED) is 0.855. The highest BCUT2D eigenvalue weighted by Crippen LogP contribution is 2.17. The van der Waals surface area contributed by atoms with E-state index in [0.29, 0.717) is 6.04 Å². The first-order valence-electron chi connectivity index (χ1n) is 8.80. The van der Waals surface area contributed by atoms with E-state index in [2.05, 4.69) is 46.4 Å². The van der Waals surface area contributed by atoms with Crippen molar-refractivity contribution in [2.45, 2.75) is 18.9 Å². The molecule has 0 spiro atoms. The number of morpholine rings is 1. The highest BCUT2D eigenvalue weighted by atomic mass is 16.5. The lowest BCUT2D eigenvalue weighted by Gasteiger charge is -2.29. The lowest BCUT2D eigenvalue weighted by Crippen LogP contribution is -2.42. The molecule has 0 aromatic heterocycles. The van der Waals surface area contributed by atoms with Gasteiger partial charge in [0.25, 0.3) is 0 Å². The van der Waals surface area contributed by atoms with Gasteiger partial charge in [-0.25, -0.2) is 0 Å². The summed E-state index contributed by atoms with van der Waals surface area (Å²) in [5, 5.41) is 3.10. The van der Waals surface area contributed by atoms with Crippen LogP contribution < -0.4 is 10.2 Å². The molecule has 1 aromatic rings. The van der Waals surface area contributed by atoms with Gasteiger partial charge in [-0.2, -0.15) is 0 Å². The van der Waals surface area contributed by atoms with Crippen molar-refractivity contribution in [3.63, 3.8) is 0 Å². The third-order valence-electron chi connectivity index (χ3n) is 4.76. The highest BCUT2D eigenvalue weighted by molar-refractivity contribution is 5.91. The lowest BCUT2D eigenvalue weighted by atomic mass is 10.1. The van der Waals surface area contributed by atoms with E-state index in [1.165, 1.54) is 5.69 Å². The molecule has 0 aliphatic carbocycles. The molecule has 0 radical (unpaired) electrons. The van der Waals surface area contributed by atoms with Gasteiger partial charge in [0.2, 0.25) is 5.91 Å². The Kier molecular flexibility index (Phi) is 5.88. The molecule has 1 N–H and O–H groups in total. The van der Waals surface area contributed by atoms with Crippen LogP contribution in [0.1, 0.15) is 18.4 Å². The average molecular weight is 329 g/mol. The molecule has 2 fully saturated rings. The van der Waals surface area contributed by atoms with Crippen LogP contribution in [0.25, 0.3) is 6.08 Å². The average Bonchev–Trinajstić information content (AvgIpc) is 2.63. The Bertz CT molecular complexity index is 556. The van der Waals surface area contributed by atoms with Crippen molar-refractivity contribution in [3.05, 3.63) is 35.9 Å². The van der Waals surface area contributed by atoms with Crippen LogP contribution in [0.2, 0.25) is 0 Å². The van der Waals surface area contributed by atoms with Gasteiger partial charge in [0.15, 0.2) is 0 Å².